The number of anilines is 1. The maximum absolute atomic E-state index is 13.2. The first kappa shape index (κ1) is 20.3. The SMILES string of the molecule is Cc1nonc1CNC(=O)C1CN(C(=O)c2cccc(N3CCCC3)c2)CCN1C. The van der Waals surface area contributed by atoms with Gasteiger partial charge in [-0.25, -0.2) is 4.63 Å². The van der Waals surface area contributed by atoms with Gasteiger partial charge in [-0.15, -0.1) is 0 Å². The molecule has 0 spiro atoms. The van der Waals surface area contributed by atoms with E-state index >= 15 is 0 Å². The summed E-state index contributed by atoms with van der Waals surface area (Å²) in [5, 5.41) is 10.4. The first-order valence-electron chi connectivity index (χ1n) is 10.4. The summed E-state index contributed by atoms with van der Waals surface area (Å²) in [4.78, 5) is 32.0. The van der Waals surface area contributed by atoms with Crippen LogP contribution in [-0.4, -0.2) is 77.7 Å². The van der Waals surface area contributed by atoms with Crippen LogP contribution >= 0.6 is 0 Å². The molecule has 0 saturated carbocycles. The van der Waals surface area contributed by atoms with E-state index in [2.05, 4.69) is 31.2 Å². The van der Waals surface area contributed by atoms with Crippen LogP contribution in [0.15, 0.2) is 28.9 Å². The van der Waals surface area contributed by atoms with Crippen molar-refractivity contribution in [1.29, 1.82) is 0 Å². The van der Waals surface area contributed by atoms with Gasteiger partial charge in [0.1, 0.15) is 17.4 Å². The van der Waals surface area contributed by atoms with E-state index in [-0.39, 0.29) is 18.4 Å². The van der Waals surface area contributed by atoms with Crippen molar-refractivity contribution in [3.8, 4) is 0 Å². The molecule has 1 atom stereocenters. The molecule has 2 fully saturated rings. The smallest absolute Gasteiger partial charge is 0.254 e. The second-order valence-corrected chi connectivity index (χ2v) is 8.01. The fourth-order valence-corrected chi connectivity index (χ4v) is 4.03. The number of nitrogens with one attached hydrogen (secondary N) is 1. The third-order valence-electron chi connectivity index (χ3n) is 5.98. The predicted molar refractivity (Wildman–Crippen MR) is 111 cm³/mol. The van der Waals surface area contributed by atoms with E-state index in [1.165, 1.54) is 12.8 Å². The van der Waals surface area contributed by atoms with Gasteiger partial charge in [-0.1, -0.05) is 16.4 Å². The van der Waals surface area contributed by atoms with Crippen LogP contribution in [0.25, 0.3) is 0 Å². The van der Waals surface area contributed by atoms with Gasteiger partial charge in [0.2, 0.25) is 5.91 Å². The maximum atomic E-state index is 13.2. The monoisotopic (exact) mass is 412 g/mol. The summed E-state index contributed by atoms with van der Waals surface area (Å²) in [5.74, 6) is -0.165. The van der Waals surface area contributed by atoms with Gasteiger partial charge in [-0.05, 0) is 45.0 Å². The summed E-state index contributed by atoms with van der Waals surface area (Å²) in [6, 6.07) is 7.42. The summed E-state index contributed by atoms with van der Waals surface area (Å²) in [5.41, 5.74) is 3.03. The van der Waals surface area contributed by atoms with Crippen molar-refractivity contribution in [2.75, 3.05) is 44.7 Å². The molecule has 2 aromatic rings. The molecule has 2 saturated heterocycles. The third-order valence-corrected chi connectivity index (χ3v) is 5.98. The van der Waals surface area contributed by atoms with Crippen LogP contribution < -0.4 is 10.2 Å². The summed E-state index contributed by atoms with van der Waals surface area (Å²) < 4.78 is 4.67. The van der Waals surface area contributed by atoms with E-state index in [0.717, 1.165) is 18.8 Å². The number of rotatable bonds is 5. The second-order valence-electron chi connectivity index (χ2n) is 8.01. The Morgan fingerprint density at radius 3 is 2.70 bits per heavy atom. The molecule has 3 heterocycles. The average molecular weight is 412 g/mol. The van der Waals surface area contributed by atoms with Gasteiger partial charge < -0.3 is 15.1 Å². The highest BCUT2D eigenvalue weighted by molar-refractivity contribution is 5.96. The lowest BCUT2D eigenvalue weighted by molar-refractivity contribution is -0.127. The van der Waals surface area contributed by atoms with E-state index in [9.17, 15) is 9.59 Å². The highest BCUT2D eigenvalue weighted by Gasteiger charge is 2.32. The molecule has 9 nitrogen and oxygen atoms in total. The summed E-state index contributed by atoms with van der Waals surface area (Å²) >= 11 is 0. The highest BCUT2D eigenvalue weighted by atomic mass is 16.6. The third kappa shape index (κ3) is 4.30. The Kier molecular flexibility index (Phi) is 5.98. The summed E-state index contributed by atoms with van der Waals surface area (Å²) in [6.45, 7) is 5.69. The lowest BCUT2D eigenvalue weighted by atomic mass is 10.1. The van der Waals surface area contributed by atoms with Crippen molar-refractivity contribution < 1.29 is 14.2 Å². The Morgan fingerprint density at radius 1 is 1.17 bits per heavy atom. The Morgan fingerprint density at radius 2 is 1.97 bits per heavy atom. The second kappa shape index (κ2) is 8.83. The number of piperazine rings is 1. The normalized spacial score (nSPS) is 19.9. The fourth-order valence-electron chi connectivity index (χ4n) is 4.03. The predicted octanol–water partition coefficient (Wildman–Crippen LogP) is 1.05. The molecule has 2 aliphatic heterocycles. The number of aromatic nitrogens is 2. The van der Waals surface area contributed by atoms with Crippen LogP contribution in [0.1, 0.15) is 34.6 Å². The Hall–Kier alpha value is -2.94. The first-order valence-corrected chi connectivity index (χ1v) is 10.4. The van der Waals surface area contributed by atoms with Crippen molar-refractivity contribution in [2.24, 2.45) is 0 Å². The fraction of sp³-hybridized carbons (Fsp3) is 0.524. The molecule has 2 amide bonds. The molecule has 1 aromatic carbocycles. The molecule has 1 N–H and O–H groups in total. The number of amides is 2. The molecular weight excluding hydrogens is 384 g/mol. The van der Waals surface area contributed by atoms with Crippen molar-refractivity contribution in [2.45, 2.75) is 32.4 Å². The number of hydrogen-bond acceptors (Lipinski definition) is 7. The number of nitrogens with zero attached hydrogens (tertiary/aromatic N) is 5. The minimum Gasteiger partial charge on any atom is -0.372 e. The zero-order valence-electron chi connectivity index (χ0n) is 17.5. The minimum atomic E-state index is -0.412. The van der Waals surface area contributed by atoms with Crippen LogP contribution in [0.5, 0.6) is 0 Å². The Bertz CT molecular complexity index is 908. The summed E-state index contributed by atoms with van der Waals surface area (Å²) in [6.07, 6.45) is 2.38. The van der Waals surface area contributed by atoms with Gasteiger partial charge in [0.05, 0.1) is 6.54 Å². The standard InChI is InChI=1S/C21H28N6O3/c1-15-18(24-30-23-15)13-22-20(28)19-14-27(11-10-25(19)2)21(29)16-6-5-7-17(12-16)26-8-3-4-9-26/h5-7,12,19H,3-4,8-11,13-14H2,1-2H3,(H,22,28). The zero-order valence-corrected chi connectivity index (χ0v) is 17.5. The molecule has 4 rings (SSSR count). The van der Waals surface area contributed by atoms with Gasteiger partial charge in [0.25, 0.3) is 5.91 Å². The van der Waals surface area contributed by atoms with Crippen molar-refractivity contribution in [1.82, 2.24) is 25.4 Å². The van der Waals surface area contributed by atoms with Crippen LogP contribution in [0.3, 0.4) is 0 Å². The molecule has 0 aliphatic carbocycles. The number of likely N-dealkylation sites (N-methyl/N-ethyl adjacent to an activating group) is 1. The lowest BCUT2D eigenvalue weighted by Gasteiger charge is -2.38. The lowest BCUT2D eigenvalue weighted by Crippen LogP contribution is -2.58. The van der Waals surface area contributed by atoms with E-state index in [4.69, 9.17) is 0 Å². The molecule has 9 heteroatoms. The first-order chi connectivity index (χ1) is 14.5. The van der Waals surface area contributed by atoms with Crippen molar-refractivity contribution >= 4 is 17.5 Å². The molecule has 2 aliphatic rings. The molecule has 160 valence electrons. The van der Waals surface area contributed by atoms with Crippen LogP contribution in [0.2, 0.25) is 0 Å². The molecule has 30 heavy (non-hydrogen) atoms. The molecule has 0 bridgehead atoms. The topological polar surface area (TPSA) is 94.8 Å². The van der Waals surface area contributed by atoms with Crippen LogP contribution in [0, 0.1) is 6.92 Å². The van der Waals surface area contributed by atoms with E-state index in [0.29, 0.717) is 36.6 Å². The van der Waals surface area contributed by atoms with E-state index in [1.807, 2.05) is 30.1 Å². The maximum Gasteiger partial charge on any atom is 0.254 e. The Labute approximate surface area is 176 Å². The number of carbonyl (C=O) groups excluding carboxylic acids is 2. The van der Waals surface area contributed by atoms with Gasteiger partial charge in [-0.3, -0.25) is 14.5 Å². The number of aryl methyl sites for hydroxylation is 1. The number of benzene rings is 1. The zero-order chi connectivity index (χ0) is 21.1. The van der Waals surface area contributed by atoms with Crippen LogP contribution in [0.4, 0.5) is 5.69 Å². The van der Waals surface area contributed by atoms with Crippen molar-refractivity contribution in [3.05, 3.63) is 41.2 Å². The number of hydrogen-bond donors (Lipinski definition) is 1. The van der Waals surface area contributed by atoms with Gasteiger partial charge >= 0.3 is 0 Å². The summed E-state index contributed by atoms with van der Waals surface area (Å²) in [7, 11) is 1.91. The van der Waals surface area contributed by atoms with Crippen LogP contribution in [-0.2, 0) is 11.3 Å². The molecule has 1 aromatic heterocycles. The average Bonchev–Trinajstić information content (AvgIpc) is 3.44. The van der Waals surface area contributed by atoms with Gasteiger partial charge in [-0.2, -0.15) is 0 Å². The number of carbonyl (C=O) groups is 2. The molecule has 0 radical (unpaired) electrons. The molecule has 1 unspecified atom stereocenters. The highest BCUT2D eigenvalue weighted by Crippen LogP contribution is 2.22. The van der Waals surface area contributed by atoms with Gasteiger partial charge in [0.15, 0.2) is 0 Å². The van der Waals surface area contributed by atoms with Crippen molar-refractivity contribution in [3.63, 3.8) is 0 Å². The van der Waals surface area contributed by atoms with Gasteiger partial charge in [0, 0.05) is 44.0 Å². The minimum absolute atomic E-state index is 0.0292. The van der Waals surface area contributed by atoms with E-state index < -0.39 is 6.04 Å². The molecular formula is C21H28N6O3. The quantitative estimate of drug-likeness (QED) is 0.784. The van der Waals surface area contributed by atoms with E-state index in [1.54, 1.807) is 11.8 Å². The largest absolute Gasteiger partial charge is 0.372 e. The Balaban J connectivity index is 1.41.